The van der Waals surface area contributed by atoms with Gasteiger partial charge in [0.25, 0.3) is 5.91 Å². The maximum atomic E-state index is 12.7. The quantitative estimate of drug-likeness (QED) is 0.877. The van der Waals surface area contributed by atoms with E-state index in [1.165, 1.54) is 0 Å². The van der Waals surface area contributed by atoms with Crippen molar-refractivity contribution in [3.63, 3.8) is 0 Å². The van der Waals surface area contributed by atoms with Crippen molar-refractivity contribution in [1.29, 1.82) is 5.26 Å². The minimum atomic E-state index is -0.207. The maximum Gasteiger partial charge on any atom is 0.251 e. The minimum absolute atomic E-state index is 0.00178. The Balaban J connectivity index is 1.46. The van der Waals surface area contributed by atoms with Gasteiger partial charge in [0.15, 0.2) is 0 Å². The van der Waals surface area contributed by atoms with E-state index in [-0.39, 0.29) is 17.0 Å². The van der Waals surface area contributed by atoms with Crippen molar-refractivity contribution >= 4 is 5.91 Å². The fourth-order valence-corrected chi connectivity index (χ4v) is 4.55. The maximum absolute atomic E-state index is 12.7. The molecular formula is C23H24N2O2. The summed E-state index contributed by atoms with van der Waals surface area (Å²) in [4.78, 5) is 12.7. The molecule has 0 radical (unpaired) electrons. The second-order valence-electron chi connectivity index (χ2n) is 8.15. The van der Waals surface area contributed by atoms with Crippen LogP contribution in [0.15, 0.2) is 42.5 Å². The Morgan fingerprint density at radius 2 is 1.78 bits per heavy atom. The first-order valence-electron chi connectivity index (χ1n) is 9.52. The van der Waals surface area contributed by atoms with Gasteiger partial charge in [-0.15, -0.1) is 0 Å². The van der Waals surface area contributed by atoms with Crippen molar-refractivity contribution in [2.24, 2.45) is 0 Å². The third-order valence-electron chi connectivity index (χ3n) is 6.12. The highest BCUT2D eigenvalue weighted by molar-refractivity contribution is 5.94. The van der Waals surface area contributed by atoms with E-state index in [1.807, 2.05) is 56.3 Å². The van der Waals surface area contributed by atoms with Crippen LogP contribution in [-0.2, 0) is 0 Å². The van der Waals surface area contributed by atoms with Crippen LogP contribution in [0.2, 0.25) is 0 Å². The smallest absolute Gasteiger partial charge is 0.251 e. The van der Waals surface area contributed by atoms with Gasteiger partial charge in [-0.25, -0.2) is 0 Å². The van der Waals surface area contributed by atoms with E-state index in [4.69, 9.17) is 10.00 Å². The molecule has 4 nitrogen and oxygen atoms in total. The number of carbonyl (C=O) groups excluding carboxylic acids is 1. The van der Waals surface area contributed by atoms with Gasteiger partial charge in [0.05, 0.1) is 11.6 Å². The highest BCUT2D eigenvalue weighted by Gasteiger charge is 2.56. The van der Waals surface area contributed by atoms with Gasteiger partial charge in [-0.3, -0.25) is 4.79 Å². The standard InChI is InChI=1S/C23H24N2O2/c1-16-3-5-18(6-4-16)21(26)25-22-9-11-23(15-22,12-10-22)27-20-8-7-19(14-24)17(2)13-20/h3-8,13H,9-12,15H2,1-2H3,(H,25,26). The second kappa shape index (κ2) is 6.42. The van der Waals surface area contributed by atoms with Gasteiger partial charge in [0.2, 0.25) is 0 Å². The van der Waals surface area contributed by atoms with Crippen LogP contribution in [0.4, 0.5) is 0 Å². The fourth-order valence-electron chi connectivity index (χ4n) is 4.55. The molecule has 2 saturated carbocycles. The number of hydrogen-bond donors (Lipinski definition) is 1. The first-order valence-corrected chi connectivity index (χ1v) is 9.52. The summed E-state index contributed by atoms with van der Waals surface area (Å²) >= 11 is 0. The number of carbonyl (C=O) groups is 1. The molecule has 2 aliphatic rings. The van der Waals surface area contributed by atoms with Gasteiger partial charge in [-0.1, -0.05) is 17.7 Å². The minimum Gasteiger partial charge on any atom is -0.487 e. The molecule has 0 saturated heterocycles. The Labute approximate surface area is 160 Å². The predicted octanol–water partition coefficient (Wildman–Crippen LogP) is 4.44. The monoisotopic (exact) mass is 360 g/mol. The SMILES string of the molecule is Cc1ccc(C(=O)NC23CCC(Oc4ccc(C#N)c(C)c4)(CC2)C3)cc1. The van der Waals surface area contributed by atoms with Crippen LogP contribution in [0.25, 0.3) is 0 Å². The molecule has 0 spiro atoms. The summed E-state index contributed by atoms with van der Waals surface area (Å²) in [5.74, 6) is 0.816. The largest absolute Gasteiger partial charge is 0.487 e. The molecule has 2 bridgehead atoms. The Kier molecular flexibility index (Phi) is 4.19. The third kappa shape index (κ3) is 3.30. The summed E-state index contributed by atoms with van der Waals surface area (Å²) < 4.78 is 6.40. The lowest BCUT2D eigenvalue weighted by Gasteiger charge is -2.29. The van der Waals surface area contributed by atoms with Crippen molar-refractivity contribution < 1.29 is 9.53 Å². The number of hydrogen-bond acceptors (Lipinski definition) is 3. The molecule has 0 aromatic heterocycles. The molecule has 0 unspecified atom stereocenters. The van der Waals surface area contributed by atoms with E-state index < -0.39 is 0 Å². The lowest BCUT2D eigenvalue weighted by molar-refractivity contribution is 0.0802. The first-order chi connectivity index (χ1) is 12.9. The number of aryl methyl sites for hydroxylation is 2. The molecule has 0 heterocycles. The summed E-state index contributed by atoms with van der Waals surface area (Å²) in [6.45, 7) is 3.95. The highest BCUT2D eigenvalue weighted by atomic mass is 16.5. The number of nitriles is 1. The number of rotatable bonds is 4. The van der Waals surface area contributed by atoms with Crippen molar-refractivity contribution in [2.75, 3.05) is 0 Å². The Morgan fingerprint density at radius 3 is 2.41 bits per heavy atom. The number of nitrogens with one attached hydrogen (secondary N) is 1. The van der Waals surface area contributed by atoms with E-state index >= 15 is 0 Å². The molecule has 1 amide bonds. The zero-order valence-electron chi connectivity index (χ0n) is 15.8. The molecular weight excluding hydrogens is 336 g/mol. The second-order valence-corrected chi connectivity index (χ2v) is 8.15. The van der Waals surface area contributed by atoms with Crippen LogP contribution in [0.3, 0.4) is 0 Å². The molecule has 4 heteroatoms. The number of ether oxygens (including phenoxy) is 1. The number of amides is 1. The zero-order valence-corrected chi connectivity index (χ0v) is 15.8. The van der Waals surface area contributed by atoms with E-state index in [0.717, 1.165) is 49.0 Å². The summed E-state index contributed by atoms with van der Waals surface area (Å²) in [7, 11) is 0. The number of nitrogens with zero attached hydrogens (tertiary/aromatic N) is 1. The molecule has 0 atom stereocenters. The van der Waals surface area contributed by atoms with Gasteiger partial charge in [0, 0.05) is 17.5 Å². The Hall–Kier alpha value is -2.80. The van der Waals surface area contributed by atoms with Crippen LogP contribution in [0, 0.1) is 25.2 Å². The molecule has 2 fully saturated rings. The zero-order chi connectivity index (χ0) is 19.1. The average Bonchev–Trinajstić information content (AvgIpc) is 3.17. The molecule has 0 aliphatic heterocycles. The average molecular weight is 360 g/mol. The Bertz CT molecular complexity index is 916. The van der Waals surface area contributed by atoms with Crippen molar-refractivity contribution in [3.05, 3.63) is 64.7 Å². The molecule has 2 aliphatic carbocycles. The molecule has 1 N–H and O–H groups in total. The van der Waals surface area contributed by atoms with E-state index in [2.05, 4.69) is 11.4 Å². The lowest BCUT2D eigenvalue weighted by Crippen LogP contribution is -2.45. The summed E-state index contributed by atoms with van der Waals surface area (Å²) in [5.41, 5.74) is 3.10. The van der Waals surface area contributed by atoms with Gasteiger partial charge in [-0.05, 0) is 75.4 Å². The van der Waals surface area contributed by atoms with Gasteiger partial charge in [0.1, 0.15) is 11.4 Å². The van der Waals surface area contributed by atoms with Gasteiger partial charge < -0.3 is 10.1 Å². The Morgan fingerprint density at radius 1 is 1.07 bits per heavy atom. The van der Waals surface area contributed by atoms with Gasteiger partial charge >= 0.3 is 0 Å². The van der Waals surface area contributed by atoms with Crippen molar-refractivity contribution in [3.8, 4) is 11.8 Å². The summed E-state index contributed by atoms with van der Waals surface area (Å²) in [6.07, 6.45) is 4.62. The van der Waals surface area contributed by atoms with Crippen LogP contribution in [0.5, 0.6) is 5.75 Å². The third-order valence-corrected chi connectivity index (χ3v) is 6.12. The summed E-state index contributed by atoms with van der Waals surface area (Å²) in [6, 6.07) is 15.5. The normalized spacial score (nSPS) is 25.8. The van der Waals surface area contributed by atoms with Gasteiger partial charge in [-0.2, -0.15) is 5.26 Å². The summed E-state index contributed by atoms with van der Waals surface area (Å²) in [5, 5.41) is 12.4. The van der Waals surface area contributed by atoms with E-state index in [1.54, 1.807) is 0 Å². The topological polar surface area (TPSA) is 62.1 Å². The lowest BCUT2D eigenvalue weighted by atomic mass is 9.92. The molecule has 2 aromatic carbocycles. The van der Waals surface area contributed by atoms with Crippen LogP contribution >= 0.6 is 0 Å². The molecule has 27 heavy (non-hydrogen) atoms. The van der Waals surface area contributed by atoms with E-state index in [0.29, 0.717) is 11.1 Å². The molecule has 2 aromatic rings. The highest BCUT2D eigenvalue weighted by Crippen LogP contribution is 2.52. The molecule has 138 valence electrons. The fraction of sp³-hybridized carbons (Fsp3) is 0.391. The first kappa shape index (κ1) is 17.6. The van der Waals surface area contributed by atoms with Crippen LogP contribution in [-0.4, -0.2) is 17.0 Å². The molecule has 4 rings (SSSR count). The van der Waals surface area contributed by atoms with Crippen LogP contribution in [0.1, 0.15) is 59.2 Å². The van der Waals surface area contributed by atoms with Crippen LogP contribution < -0.4 is 10.1 Å². The number of benzene rings is 2. The number of fused-ring (bicyclic) bond motifs is 2. The van der Waals surface area contributed by atoms with Crippen molar-refractivity contribution in [2.45, 2.75) is 57.1 Å². The van der Waals surface area contributed by atoms with E-state index in [9.17, 15) is 4.79 Å². The predicted molar refractivity (Wildman–Crippen MR) is 104 cm³/mol. The van der Waals surface area contributed by atoms with Crippen molar-refractivity contribution in [1.82, 2.24) is 5.32 Å².